The second-order valence-electron chi connectivity index (χ2n) is 5.13. The molecule has 0 bridgehead atoms. The summed E-state index contributed by atoms with van der Waals surface area (Å²) in [5.74, 6) is 0. The number of hydrogen-bond acceptors (Lipinski definition) is 3. The van der Waals surface area contributed by atoms with E-state index >= 15 is 0 Å². The van der Waals surface area contributed by atoms with Gasteiger partial charge in [-0.3, -0.25) is 10.1 Å². The zero-order chi connectivity index (χ0) is 15.4. The molecule has 0 aliphatic heterocycles. The highest BCUT2D eigenvalue weighted by Gasteiger charge is 2.11. The Morgan fingerprint density at radius 2 is 1.90 bits per heavy atom. The number of aryl methyl sites for hydroxylation is 1. The molecule has 0 spiro atoms. The topological polar surface area (TPSA) is 55.2 Å². The third kappa shape index (κ3) is 4.29. The maximum atomic E-state index is 10.8. The first-order chi connectivity index (χ1) is 9.95. The van der Waals surface area contributed by atoms with Crippen molar-refractivity contribution in [1.29, 1.82) is 0 Å². The third-order valence-corrected chi connectivity index (χ3v) is 3.79. The molecule has 4 nitrogen and oxygen atoms in total. The van der Waals surface area contributed by atoms with Crippen molar-refractivity contribution in [1.82, 2.24) is 0 Å². The number of hydrogen-bond donors (Lipinski definition) is 1. The van der Waals surface area contributed by atoms with Crippen LogP contribution in [0.1, 0.15) is 18.1 Å². The van der Waals surface area contributed by atoms with E-state index in [-0.39, 0.29) is 16.7 Å². The van der Waals surface area contributed by atoms with Gasteiger partial charge in [-0.15, -0.1) is 0 Å². The summed E-state index contributed by atoms with van der Waals surface area (Å²) in [6, 6.07) is 13.6. The van der Waals surface area contributed by atoms with Crippen molar-refractivity contribution >= 4 is 27.3 Å². The lowest BCUT2D eigenvalue weighted by molar-refractivity contribution is -0.385. The van der Waals surface area contributed by atoms with Crippen molar-refractivity contribution < 1.29 is 4.92 Å². The fraction of sp³-hybridized carbons (Fsp3) is 0.250. The first-order valence-corrected chi connectivity index (χ1v) is 7.51. The summed E-state index contributed by atoms with van der Waals surface area (Å²) < 4.78 is 1.07. The van der Waals surface area contributed by atoms with Gasteiger partial charge in [0.25, 0.3) is 5.69 Å². The van der Waals surface area contributed by atoms with Crippen LogP contribution in [0.5, 0.6) is 0 Å². The number of benzene rings is 2. The normalized spacial score (nSPS) is 12.0. The molecule has 1 atom stereocenters. The minimum atomic E-state index is -0.357. The number of rotatable bonds is 5. The number of anilines is 1. The van der Waals surface area contributed by atoms with Gasteiger partial charge < -0.3 is 5.32 Å². The summed E-state index contributed by atoms with van der Waals surface area (Å²) >= 11 is 3.42. The van der Waals surface area contributed by atoms with Gasteiger partial charge in [0.2, 0.25) is 0 Å². The van der Waals surface area contributed by atoms with E-state index in [1.54, 1.807) is 19.1 Å². The predicted molar refractivity (Wildman–Crippen MR) is 88.8 cm³/mol. The van der Waals surface area contributed by atoms with Crippen LogP contribution in [-0.2, 0) is 6.42 Å². The van der Waals surface area contributed by atoms with Gasteiger partial charge in [-0.05, 0) is 50.1 Å². The van der Waals surface area contributed by atoms with Gasteiger partial charge in [0, 0.05) is 27.8 Å². The molecule has 0 aromatic heterocycles. The second kappa shape index (κ2) is 6.72. The van der Waals surface area contributed by atoms with Crippen LogP contribution in [0.15, 0.2) is 46.9 Å². The summed E-state index contributed by atoms with van der Waals surface area (Å²) in [5.41, 5.74) is 2.97. The van der Waals surface area contributed by atoms with Crippen molar-refractivity contribution in [2.75, 3.05) is 5.32 Å². The van der Waals surface area contributed by atoms with Crippen LogP contribution in [0.25, 0.3) is 0 Å². The summed E-state index contributed by atoms with van der Waals surface area (Å²) in [4.78, 5) is 10.4. The Morgan fingerprint density at radius 3 is 2.48 bits per heavy atom. The quantitative estimate of drug-likeness (QED) is 0.628. The van der Waals surface area contributed by atoms with Crippen LogP contribution >= 0.6 is 15.9 Å². The summed E-state index contributed by atoms with van der Waals surface area (Å²) in [7, 11) is 0. The van der Waals surface area contributed by atoms with Gasteiger partial charge in [-0.1, -0.05) is 28.1 Å². The Morgan fingerprint density at radius 1 is 1.24 bits per heavy atom. The molecule has 1 unspecified atom stereocenters. The molecule has 0 saturated carbocycles. The van der Waals surface area contributed by atoms with Crippen molar-refractivity contribution in [3.63, 3.8) is 0 Å². The van der Waals surface area contributed by atoms with Crippen molar-refractivity contribution in [3.05, 3.63) is 68.2 Å². The van der Waals surface area contributed by atoms with Crippen LogP contribution in [0.4, 0.5) is 11.4 Å². The molecule has 0 fully saturated rings. The highest BCUT2D eigenvalue weighted by Crippen LogP contribution is 2.22. The van der Waals surface area contributed by atoms with E-state index in [0.717, 1.165) is 16.6 Å². The van der Waals surface area contributed by atoms with E-state index in [0.29, 0.717) is 5.56 Å². The van der Waals surface area contributed by atoms with E-state index in [1.807, 2.05) is 18.2 Å². The van der Waals surface area contributed by atoms with Crippen molar-refractivity contribution in [3.8, 4) is 0 Å². The summed E-state index contributed by atoms with van der Waals surface area (Å²) in [6.07, 6.45) is 0.892. The molecule has 110 valence electrons. The Bertz CT molecular complexity index is 641. The molecule has 0 saturated heterocycles. The average molecular weight is 349 g/mol. The average Bonchev–Trinajstić information content (AvgIpc) is 2.41. The largest absolute Gasteiger partial charge is 0.382 e. The highest BCUT2D eigenvalue weighted by molar-refractivity contribution is 9.10. The first kappa shape index (κ1) is 15.5. The van der Waals surface area contributed by atoms with Gasteiger partial charge in [0.05, 0.1) is 4.92 Å². The lowest BCUT2D eigenvalue weighted by Crippen LogP contribution is -2.18. The van der Waals surface area contributed by atoms with Gasteiger partial charge >= 0.3 is 0 Å². The van der Waals surface area contributed by atoms with E-state index in [1.165, 1.54) is 5.56 Å². The molecule has 2 aromatic carbocycles. The number of nitrogens with one attached hydrogen (secondary N) is 1. The van der Waals surface area contributed by atoms with Crippen molar-refractivity contribution in [2.45, 2.75) is 26.3 Å². The molecule has 0 aliphatic carbocycles. The van der Waals surface area contributed by atoms with E-state index in [2.05, 4.69) is 40.3 Å². The molecule has 0 aliphatic rings. The molecule has 21 heavy (non-hydrogen) atoms. The number of nitro groups is 1. The lowest BCUT2D eigenvalue weighted by Gasteiger charge is -2.16. The lowest BCUT2D eigenvalue weighted by atomic mass is 10.1. The molecule has 5 heteroatoms. The Balaban J connectivity index is 2.02. The maximum Gasteiger partial charge on any atom is 0.272 e. The standard InChI is InChI=1S/C16H17BrN2O2/c1-11-9-15(7-8-16(11)19(20)21)18-12(2)10-13-3-5-14(17)6-4-13/h3-9,12,18H,10H2,1-2H3. The molecule has 0 amide bonds. The highest BCUT2D eigenvalue weighted by atomic mass is 79.9. The van der Waals surface area contributed by atoms with Crippen LogP contribution in [0.3, 0.4) is 0 Å². The SMILES string of the molecule is Cc1cc(NC(C)Cc2ccc(Br)cc2)ccc1[N+](=O)[O-]. The fourth-order valence-corrected chi connectivity index (χ4v) is 2.52. The first-order valence-electron chi connectivity index (χ1n) is 6.71. The van der Waals surface area contributed by atoms with Crippen molar-refractivity contribution in [2.24, 2.45) is 0 Å². The van der Waals surface area contributed by atoms with Crippen LogP contribution < -0.4 is 5.32 Å². The number of nitro benzene ring substituents is 1. The molecule has 2 aromatic rings. The second-order valence-corrected chi connectivity index (χ2v) is 6.05. The van der Waals surface area contributed by atoms with Gasteiger partial charge in [-0.25, -0.2) is 0 Å². The molecule has 0 radical (unpaired) electrons. The smallest absolute Gasteiger partial charge is 0.272 e. The van der Waals surface area contributed by atoms with Crippen LogP contribution in [0, 0.1) is 17.0 Å². The van der Waals surface area contributed by atoms with Gasteiger partial charge in [0.1, 0.15) is 0 Å². The minimum absolute atomic E-state index is 0.154. The molecule has 0 heterocycles. The molecular formula is C16H17BrN2O2. The number of halogens is 1. The summed E-state index contributed by atoms with van der Waals surface area (Å²) in [6.45, 7) is 3.85. The van der Waals surface area contributed by atoms with E-state index in [9.17, 15) is 10.1 Å². The van der Waals surface area contributed by atoms with Gasteiger partial charge in [0.15, 0.2) is 0 Å². The Labute approximate surface area is 132 Å². The zero-order valence-corrected chi connectivity index (χ0v) is 13.6. The Kier molecular flexibility index (Phi) is 4.96. The molecule has 1 N–H and O–H groups in total. The van der Waals surface area contributed by atoms with Gasteiger partial charge in [-0.2, -0.15) is 0 Å². The summed E-state index contributed by atoms with van der Waals surface area (Å²) in [5, 5.41) is 14.2. The van der Waals surface area contributed by atoms with E-state index in [4.69, 9.17) is 0 Å². The third-order valence-electron chi connectivity index (χ3n) is 3.26. The Hall–Kier alpha value is -1.88. The zero-order valence-electron chi connectivity index (χ0n) is 12.0. The molecule has 2 rings (SSSR count). The molecular weight excluding hydrogens is 332 g/mol. The maximum absolute atomic E-state index is 10.8. The van der Waals surface area contributed by atoms with E-state index < -0.39 is 0 Å². The predicted octanol–water partition coefficient (Wildman–Crippen LogP) is 4.71. The fourth-order valence-electron chi connectivity index (χ4n) is 2.26. The number of nitrogens with zero attached hydrogens (tertiary/aromatic N) is 1. The van der Waals surface area contributed by atoms with Crippen LogP contribution in [-0.4, -0.2) is 11.0 Å². The minimum Gasteiger partial charge on any atom is -0.382 e. The van der Waals surface area contributed by atoms with Crippen LogP contribution in [0.2, 0.25) is 0 Å². The monoisotopic (exact) mass is 348 g/mol.